The minimum Gasteiger partial charge on any atom is -0.478 e. The maximum Gasteiger partial charge on any atom is 0.347 e. The Labute approximate surface area is 406 Å². The molecule has 0 saturated carbocycles. The van der Waals surface area contributed by atoms with E-state index in [0.29, 0.717) is 63.5 Å². The molecule has 1 N–H and O–H groups in total. The maximum absolute atomic E-state index is 12.7. The number of carbonyl (C=O) groups is 5. The molecule has 0 aromatic carbocycles. The molecule has 0 unspecified atom stereocenters. The monoisotopic (exact) mass is 973 g/mol. The lowest BCUT2D eigenvalue weighted by Gasteiger charge is -2.51. The lowest BCUT2D eigenvalue weighted by atomic mass is 9.79. The quantitative estimate of drug-likeness (QED) is 0.102. The molecule has 0 aliphatic carbocycles. The van der Waals surface area contributed by atoms with Gasteiger partial charge in [0.1, 0.15) is 18.3 Å². The highest BCUT2D eigenvalue weighted by molar-refractivity contribution is 5.81. The van der Waals surface area contributed by atoms with E-state index in [4.69, 9.17) is 52.1 Å². The molecule has 69 heavy (non-hydrogen) atoms. The zero-order valence-electron chi connectivity index (χ0n) is 42.0. The molecule has 7 heterocycles. The van der Waals surface area contributed by atoms with E-state index < -0.39 is 102 Å². The second-order valence-corrected chi connectivity index (χ2v) is 21.2. The predicted octanol–water partition coefficient (Wildman–Crippen LogP) is 7.50. The van der Waals surface area contributed by atoms with Crippen molar-refractivity contribution < 1.29 is 81.2 Å². The van der Waals surface area contributed by atoms with Crippen molar-refractivity contribution in [3.8, 4) is 0 Å². The summed E-state index contributed by atoms with van der Waals surface area (Å²) in [5.41, 5.74) is -0.450. The first-order chi connectivity index (χ1) is 32.5. The van der Waals surface area contributed by atoms with Crippen LogP contribution in [0.3, 0.4) is 0 Å². The average Bonchev–Trinajstić information content (AvgIpc) is 3.66. The first kappa shape index (κ1) is 53.1. The topological polar surface area (TPSA) is 207 Å². The molecular weight excluding hydrogens is 897 g/mol. The van der Waals surface area contributed by atoms with Crippen LogP contribution in [0.15, 0.2) is 36.0 Å². The summed E-state index contributed by atoms with van der Waals surface area (Å²) < 4.78 is 69.7. The van der Waals surface area contributed by atoms with Crippen molar-refractivity contribution in [3.63, 3.8) is 0 Å². The molecule has 0 radical (unpaired) electrons. The van der Waals surface area contributed by atoms with Crippen LogP contribution < -0.4 is 0 Å². The Morgan fingerprint density at radius 2 is 1.59 bits per heavy atom. The van der Waals surface area contributed by atoms with Gasteiger partial charge in [0.25, 0.3) is 0 Å². The van der Waals surface area contributed by atoms with Crippen LogP contribution >= 0.6 is 0 Å². The SMILES string of the molecule is C=C1[C@@H](OC(C)=O)[C@@H]2O[C@]3(CC[C@H](C=C[C@@H](C)[C@@H]4CC(C)=C[C@@]5(O[C@H](C[C@@](C)(OC(C)=O)C(=O)O)CC[C@H]5OC(C)=O)O4)O3)CC[C@H]2O[C@@H]1[C@H](C[C@H](C)[C@H]1O[C@@]2(CCCCO2)CC[C@H]1C)OC(C)=O. The van der Waals surface area contributed by atoms with Crippen molar-refractivity contribution in [1.29, 1.82) is 0 Å². The van der Waals surface area contributed by atoms with E-state index in [2.05, 4.69) is 20.4 Å². The number of carboxylic acid groups (broad SMARTS) is 1. The van der Waals surface area contributed by atoms with Gasteiger partial charge in [-0.05, 0) is 95.1 Å². The molecule has 17 atom stereocenters. The molecule has 7 aliphatic rings. The molecular formula is C52H76O17. The van der Waals surface area contributed by atoms with Crippen LogP contribution in [0.4, 0.5) is 0 Å². The molecule has 7 rings (SSSR count). The Bertz CT molecular complexity index is 1980. The number of esters is 4. The lowest BCUT2D eigenvalue weighted by molar-refractivity contribution is -0.322. The van der Waals surface area contributed by atoms with Gasteiger partial charge in [-0.25, -0.2) is 4.79 Å². The van der Waals surface area contributed by atoms with E-state index in [1.54, 1.807) is 6.08 Å². The fourth-order valence-electron chi connectivity index (χ4n) is 11.9. The largest absolute Gasteiger partial charge is 0.478 e. The number of aliphatic carboxylic acids is 1. The molecule has 0 aromatic heterocycles. The van der Waals surface area contributed by atoms with Gasteiger partial charge in [0.15, 0.2) is 23.8 Å². The Morgan fingerprint density at radius 1 is 0.870 bits per heavy atom. The van der Waals surface area contributed by atoms with E-state index in [-0.39, 0.29) is 36.4 Å². The fourth-order valence-corrected chi connectivity index (χ4v) is 11.9. The van der Waals surface area contributed by atoms with E-state index in [1.807, 2.05) is 26.0 Å². The zero-order valence-corrected chi connectivity index (χ0v) is 42.0. The van der Waals surface area contributed by atoms with Gasteiger partial charge in [-0.3, -0.25) is 19.2 Å². The van der Waals surface area contributed by atoms with Crippen LogP contribution in [0.5, 0.6) is 0 Å². The van der Waals surface area contributed by atoms with E-state index in [1.165, 1.54) is 27.7 Å². The van der Waals surface area contributed by atoms with Crippen LogP contribution in [0.1, 0.15) is 152 Å². The first-order valence-corrected chi connectivity index (χ1v) is 25.2. The number of carboxylic acids is 1. The number of rotatable bonds is 14. The zero-order chi connectivity index (χ0) is 50.1. The Hall–Kier alpha value is -3.71. The van der Waals surface area contributed by atoms with Crippen molar-refractivity contribution in [2.75, 3.05) is 6.61 Å². The van der Waals surface area contributed by atoms with Gasteiger partial charge in [-0.2, -0.15) is 0 Å². The third-order valence-corrected chi connectivity index (χ3v) is 15.2. The third-order valence-electron chi connectivity index (χ3n) is 15.2. The third kappa shape index (κ3) is 12.3. The summed E-state index contributed by atoms with van der Waals surface area (Å²) in [6.07, 6.45) is 8.45. The van der Waals surface area contributed by atoms with Crippen LogP contribution in [0, 0.1) is 17.8 Å². The minimum absolute atomic E-state index is 0.0297. The Kier molecular flexibility index (Phi) is 16.6. The Balaban J connectivity index is 1.01. The second-order valence-electron chi connectivity index (χ2n) is 21.2. The second kappa shape index (κ2) is 21.6. The average molecular weight is 973 g/mol. The van der Waals surface area contributed by atoms with Crippen molar-refractivity contribution >= 4 is 29.8 Å². The molecule has 386 valence electrons. The molecule has 6 saturated heterocycles. The summed E-state index contributed by atoms with van der Waals surface area (Å²) in [5, 5.41) is 10.0. The van der Waals surface area contributed by atoms with Gasteiger partial charge in [0.2, 0.25) is 11.4 Å². The smallest absolute Gasteiger partial charge is 0.347 e. The number of fused-ring (bicyclic) bond motifs is 1. The maximum atomic E-state index is 12.7. The molecule has 0 amide bonds. The highest BCUT2D eigenvalue weighted by atomic mass is 16.7. The van der Waals surface area contributed by atoms with Gasteiger partial charge in [-0.15, -0.1) is 0 Å². The van der Waals surface area contributed by atoms with Crippen molar-refractivity contribution in [2.24, 2.45) is 17.8 Å². The molecule has 6 fully saturated rings. The summed E-state index contributed by atoms with van der Waals surface area (Å²) in [6.45, 7) is 19.9. The van der Waals surface area contributed by atoms with Crippen LogP contribution in [0.25, 0.3) is 0 Å². The van der Waals surface area contributed by atoms with E-state index in [9.17, 15) is 29.1 Å². The van der Waals surface area contributed by atoms with Crippen LogP contribution in [-0.4, -0.2) is 126 Å². The Morgan fingerprint density at radius 3 is 2.26 bits per heavy atom. The summed E-state index contributed by atoms with van der Waals surface area (Å²) in [6, 6.07) is 0. The minimum atomic E-state index is -1.84. The van der Waals surface area contributed by atoms with Crippen LogP contribution in [0.2, 0.25) is 0 Å². The highest BCUT2D eigenvalue weighted by Crippen LogP contribution is 2.49. The number of hydrogen-bond acceptors (Lipinski definition) is 16. The molecule has 17 nitrogen and oxygen atoms in total. The fraction of sp³-hybridized carbons (Fsp3) is 0.788. The lowest BCUT2D eigenvalue weighted by Crippen LogP contribution is -2.61. The van der Waals surface area contributed by atoms with Crippen molar-refractivity contribution in [2.45, 2.75) is 236 Å². The summed E-state index contributed by atoms with van der Waals surface area (Å²) in [7, 11) is 0. The van der Waals surface area contributed by atoms with E-state index in [0.717, 1.165) is 44.6 Å². The summed E-state index contributed by atoms with van der Waals surface area (Å²) in [4.78, 5) is 61.9. The van der Waals surface area contributed by atoms with Gasteiger partial charge in [0, 0.05) is 65.7 Å². The highest BCUT2D eigenvalue weighted by Gasteiger charge is 2.57. The van der Waals surface area contributed by atoms with Gasteiger partial charge >= 0.3 is 29.8 Å². The summed E-state index contributed by atoms with van der Waals surface area (Å²) in [5.74, 6) is -6.49. The molecule has 0 aromatic rings. The molecule has 17 heteroatoms. The molecule has 0 bridgehead atoms. The molecule has 3 spiro atoms. The van der Waals surface area contributed by atoms with Crippen molar-refractivity contribution in [1.82, 2.24) is 0 Å². The van der Waals surface area contributed by atoms with Gasteiger partial charge in [0.05, 0.1) is 37.1 Å². The number of ether oxygens (including phenoxy) is 11. The van der Waals surface area contributed by atoms with Gasteiger partial charge in [-0.1, -0.05) is 45.1 Å². The van der Waals surface area contributed by atoms with Crippen molar-refractivity contribution in [3.05, 3.63) is 36.0 Å². The number of hydrogen-bond donors (Lipinski definition) is 1. The molecule has 7 aliphatic heterocycles. The summed E-state index contributed by atoms with van der Waals surface area (Å²) >= 11 is 0. The van der Waals surface area contributed by atoms with Crippen LogP contribution in [-0.2, 0) is 76.1 Å². The normalized spacial score (nSPS) is 39.1. The predicted molar refractivity (Wildman–Crippen MR) is 246 cm³/mol. The standard InChI is InChI=1S/C52H76O17/c1-29-25-41(67-52(27-29)43(61-35(7)54)16-15-39(66-52)28-49(10,48(57)58)64-37(9)56)30(2)13-14-38-18-22-51(65-38)23-19-40-47(69-51)46(62-36(8)55)33(5)45(63-40)42(60-34(6)53)26-32(4)44-31(3)17-21-50(68-44)20-11-12-24-59-50/h13-14,27,30-32,38-47H,5,11-12,15-26,28H2,1-4,6-10H3,(H,57,58)/t30-,31-,32+,38+,39+,40-,41+,42+,43-,44+,45+,46-,47-,49-,50+,51-,52-/m1/s1. The van der Waals surface area contributed by atoms with E-state index >= 15 is 0 Å². The number of carbonyl (C=O) groups excluding carboxylic acids is 4. The first-order valence-electron chi connectivity index (χ1n) is 25.2. The van der Waals surface area contributed by atoms with Gasteiger partial charge < -0.3 is 57.2 Å².